The first-order valence-corrected chi connectivity index (χ1v) is 6.78. The van der Waals surface area contributed by atoms with Gasteiger partial charge in [0.2, 0.25) is 11.8 Å². The molecule has 3 rings (SSSR count). The Labute approximate surface area is 121 Å². The molecule has 2 aliphatic heterocycles. The van der Waals surface area contributed by atoms with Crippen LogP contribution in [0.25, 0.3) is 0 Å². The zero-order valence-electron chi connectivity index (χ0n) is 11.3. The van der Waals surface area contributed by atoms with Gasteiger partial charge in [0, 0.05) is 17.8 Å². The molecule has 1 aromatic rings. The summed E-state index contributed by atoms with van der Waals surface area (Å²) in [5.74, 6) is -0.327. The number of hydrogen-bond acceptors (Lipinski definition) is 4. The second-order valence-electron chi connectivity index (χ2n) is 4.96. The Morgan fingerprint density at radius 1 is 1.29 bits per heavy atom. The van der Waals surface area contributed by atoms with Crippen LogP contribution in [0.1, 0.15) is 12.8 Å². The SMILES string of the molecule is O=C1CCC(C(=O)Nc2ccc(N3CCOC3=O)cc2)N1. The minimum atomic E-state index is -0.467. The monoisotopic (exact) mass is 289 g/mol. The van der Waals surface area contributed by atoms with Gasteiger partial charge in [-0.15, -0.1) is 0 Å². The van der Waals surface area contributed by atoms with E-state index in [1.807, 2.05) is 0 Å². The largest absolute Gasteiger partial charge is 0.447 e. The van der Waals surface area contributed by atoms with Crippen LogP contribution in [0.15, 0.2) is 24.3 Å². The molecule has 110 valence electrons. The Kier molecular flexibility index (Phi) is 3.47. The summed E-state index contributed by atoms with van der Waals surface area (Å²) in [4.78, 5) is 36.0. The fourth-order valence-corrected chi connectivity index (χ4v) is 2.39. The molecule has 2 fully saturated rings. The lowest BCUT2D eigenvalue weighted by molar-refractivity contribution is -0.122. The van der Waals surface area contributed by atoms with Crippen molar-refractivity contribution in [1.29, 1.82) is 0 Å². The summed E-state index contributed by atoms with van der Waals surface area (Å²) in [6.07, 6.45) is 0.539. The number of amides is 3. The molecule has 0 bridgehead atoms. The van der Waals surface area contributed by atoms with Crippen LogP contribution >= 0.6 is 0 Å². The maximum absolute atomic E-state index is 11.9. The molecule has 1 atom stereocenters. The van der Waals surface area contributed by atoms with Crippen LogP contribution < -0.4 is 15.5 Å². The second kappa shape index (κ2) is 5.43. The number of carbonyl (C=O) groups is 3. The summed E-state index contributed by atoms with van der Waals surface area (Å²) in [7, 11) is 0. The molecule has 1 aromatic carbocycles. The molecule has 2 N–H and O–H groups in total. The average molecular weight is 289 g/mol. The normalized spacial score (nSPS) is 21.1. The number of rotatable bonds is 3. The predicted molar refractivity (Wildman–Crippen MR) is 74.9 cm³/mol. The van der Waals surface area contributed by atoms with Gasteiger partial charge in [-0.05, 0) is 30.7 Å². The van der Waals surface area contributed by atoms with Crippen molar-refractivity contribution in [3.05, 3.63) is 24.3 Å². The lowest BCUT2D eigenvalue weighted by Gasteiger charge is -2.14. The van der Waals surface area contributed by atoms with Crippen molar-refractivity contribution in [1.82, 2.24) is 5.32 Å². The Hall–Kier alpha value is -2.57. The highest BCUT2D eigenvalue weighted by Crippen LogP contribution is 2.21. The molecule has 3 amide bonds. The van der Waals surface area contributed by atoms with Gasteiger partial charge in [-0.1, -0.05) is 0 Å². The van der Waals surface area contributed by atoms with Crippen molar-refractivity contribution >= 4 is 29.3 Å². The van der Waals surface area contributed by atoms with E-state index < -0.39 is 6.04 Å². The average Bonchev–Trinajstić information content (AvgIpc) is 3.08. The Morgan fingerprint density at radius 3 is 2.62 bits per heavy atom. The molecule has 0 aromatic heterocycles. The van der Waals surface area contributed by atoms with Crippen LogP contribution in [-0.4, -0.2) is 37.1 Å². The van der Waals surface area contributed by atoms with E-state index in [0.29, 0.717) is 31.7 Å². The van der Waals surface area contributed by atoms with Gasteiger partial charge < -0.3 is 15.4 Å². The molecule has 0 aliphatic carbocycles. The first-order chi connectivity index (χ1) is 10.1. The van der Waals surface area contributed by atoms with E-state index in [2.05, 4.69) is 10.6 Å². The van der Waals surface area contributed by atoms with Crippen LogP contribution in [0, 0.1) is 0 Å². The number of anilines is 2. The van der Waals surface area contributed by atoms with E-state index in [4.69, 9.17) is 4.74 Å². The van der Waals surface area contributed by atoms with Crippen molar-refractivity contribution in [2.24, 2.45) is 0 Å². The van der Waals surface area contributed by atoms with Gasteiger partial charge in [0.1, 0.15) is 12.6 Å². The van der Waals surface area contributed by atoms with Crippen LogP contribution in [0.5, 0.6) is 0 Å². The third kappa shape index (κ3) is 2.81. The highest BCUT2D eigenvalue weighted by molar-refractivity contribution is 5.99. The number of cyclic esters (lactones) is 1. The highest BCUT2D eigenvalue weighted by Gasteiger charge is 2.27. The summed E-state index contributed by atoms with van der Waals surface area (Å²) in [5, 5.41) is 5.36. The highest BCUT2D eigenvalue weighted by atomic mass is 16.6. The molecule has 0 saturated carbocycles. The first kappa shape index (κ1) is 13.4. The summed E-state index contributed by atoms with van der Waals surface area (Å²) >= 11 is 0. The third-order valence-electron chi connectivity index (χ3n) is 3.52. The summed E-state index contributed by atoms with van der Waals surface area (Å²) in [5.41, 5.74) is 1.35. The van der Waals surface area contributed by atoms with Crippen LogP contribution in [-0.2, 0) is 14.3 Å². The first-order valence-electron chi connectivity index (χ1n) is 6.78. The maximum atomic E-state index is 11.9. The molecule has 0 spiro atoms. The molecule has 21 heavy (non-hydrogen) atoms. The van der Waals surface area contributed by atoms with E-state index in [1.54, 1.807) is 24.3 Å². The predicted octanol–water partition coefficient (Wildman–Crippen LogP) is 0.860. The topological polar surface area (TPSA) is 87.7 Å². The minimum absolute atomic E-state index is 0.0990. The standard InChI is InChI=1S/C14H15N3O4/c18-12-6-5-11(16-12)13(19)15-9-1-3-10(4-2-9)17-7-8-21-14(17)20/h1-4,11H,5-8H2,(H,15,19)(H,16,18). The van der Waals surface area contributed by atoms with Crippen LogP contribution in [0.4, 0.5) is 16.2 Å². The van der Waals surface area contributed by atoms with Crippen molar-refractivity contribution in [2.75, 3.05) is 23.4 Å². The zero-order chi connectivity index (χ0) is 14.8. The lowest BCUT2D eigenvalue weighted by Crippen LogP contribution is -2.37. The van der Waals surface area contributed by atoms with Crippen LogP contribution in [0.3, 0.4) is 0 Å². The molecule has 2 saturated heterocycles. The number of benzene rings is 1. The number of nitrogens with one attached hydrogen (secondary N) is 2. The molecular weight excluding hydrogens is 274 g/mol. The fourth-order valence-electron chi connectivity index (χ4n) is 2.39. The quantitative estimate of drug-likeness (QED) is 0.864. The molecule has 0 radical (unpaired) electrons. The van der Waals surface area contributed by atoms with Crippen molar-refractivity contribution in [3.63, 3.8) is 0 Å². The zero-order valence-corrected chi connectivity index (χ0v) is 11.3. The van der Waals surface area contributed by atoms with Crippen molar-refractivity contribution < 1.29 is 19.1 Å². The van der Waals surface area contributed by atoms with Crippen molar-refractivity contribution in [3.8, 4) is 0 Å². The van der Waals surface area contributed by atoms with Gasteiger partial charge in [-0.25, -0.2) is 4.79 Å². The molecule has 2 heterocycles. The number of hydrogen-bond donors (Lipinski definition) is 2. The molecule has 1 unspecified atom stereocenters. The molecule has 7 heteroatoms. The van der Waals surface area contributed by atoms with E-state index >= 15 is 0 Å². The van der Waals surface area contributed by atoms with Crippen LogP contribution in [0.2, 0.25) is 0 Å². The fraction of sp³-hybridized carbons (Fsp3) is 0.357. The third-order valence-corrected chi connectivity index (χ3v) is 3.52. The van der Waals surface area contributed by atoms with Crippen molar-refractivity contribution in [2.45, 2.75) is 18.9 Å². The van der Waals surface area contributed by atoms with E-state index in [9.17, 15) is 14.4 Å². The smallest absolute Gasteiger partial charge is 0.414 e. The van der Waals surface area contributed by atoms with E-state index in [1.165, 1.54) is 4.90 Å². The Morgan fingerprint density at radius 2 is 2.05 bits per heavy atom. The summed E-state index contributed by atoms with van der Waals surface area (Å²) < 4.78 is 4.87. The summed E-state index contributed by atoms with van der Waals surface area (Å²) in [6, 6.07) is 6.46. The van der Waals surface area contributed by atoms with Gasteiger partial charge in [-0.3, -0.25) is 14.5 Å². The summed E-state index contributed by atoms with van der Waals surface area (Å²) in [6.45, 7) is 0.914. The number of carbonyl (C=O) groups excluding carboxylic acids is 3. The van der Waals surface area contributed by atoms with Gasteiger partial charge in [0.05, 0.1) is 6.54 Å². The van der Waals surface area contributed by atoms with Gasteiger partial charge >= 0.3 is 6.09 Å². The van der Waals surface area contributed by atoms with Gasteiger partial charge in [0.15, 0.2) is 0 Å². The molecule has 2 aliphatic rings. The molecule has 7 nitrogen and oxygen atoms in total. The number of nitrogens with zero attached hydrogens (tertiary/aromatic N) is 1. The Balaban J connectivity index is 1.63. The van der Waals surface area contributed by atoms with E-state index in [0.717, 1.165) is 5.69 Å². The number of ether oxygens (including phenoxy) is 1. The second-order valence-corrected chi connectivity index (χ2v) is 4.96. The van der Waals surface area contributed by atoms with E-state index in [-0.39, 0.29) is 17.9 Å². The Bertz CT molecular complexity index is 584. The van der Waals surface area contributed by atoms with Gasteiger partial charge in [0.25, 0.3) is 0 Å². The maximum Gasteiger partial charge on any atom is 0.414 e. The van der Waals surface area contributed by atoms with Gasteiger partial charge in [-0.2, -0.15) is 0 Å². The minimum Gasteiger partial charge on any atom is -0.447 e. The lowest BCUT2D eigenvalue weighted by atomic mass is 10.2. The molecular formula is C14H15N3O4.